The van der Waals surface area contributed by atoms with Gasteiger partial charge in [-0.2, -0.15) is 0 Å². The van der Waals surface area contributed by atoms with Gasteiger partial charge in [0.25, 0.3) is 0 Å². The zero-order valence-corrected chi connectivity index (χ0v) is 17.2. The van der Waals surface area contributed by atoms with Gasteiger partial charge in [-0.25, -0.2) is 0 Å². The highest BCUT2D eigenvalue weighted by Gasteiger charge is 1.93. The summed E-state index contributed by atoms with van der Waals surface area (Å²) in [7, 11) is 0. The Morgan fingerprint density at radius 3 is 1.71 bits per heavy atom. The molecule has 0 heterocycles. The third-order valence-corrected chi connectivity index (χ3v) is 3.15. The van der Waals surface area contributed by atoms with Gasteiger partial charge in [-0.1, -0.05) is 107 Å². The molecule has 0 saturated heterocycles. The molecule has 0 saturated carbocycles. The van der Waals surface area contributed by atoms with Gasteiger partial charge in [0, 0.05) is 0 Å². The van der Waals surface area contributed by atoms with Crippen molar-refractivity contribution in [2.24, 2.45) is 0 Å². The van der Waals surface area contributed by atoms with E-state index >= 15 is 0 Å². The molecular formula is C24H38. The van der Waals surface area contributed by atoms with Gasteiger partial charge in [-0.15, -0.1) is 0 Å². The summed E-state index contributed by atoms with van der Waals surface area (Å²) in [5, 5.41) is 0. The van der Waals surface area contributed by atoms with Crippen molar-refractivity contribution < 1.29 is 0 Å². The molecule has 0 heteroatoms. The molecule has 0 bridgehead atoms. The third-order valence-electron chi connectivity index (χ3n) is 3.15. The summed E-state index contributed by atoms with van der Waals surface area (Å²) in [4.78, 5) is 0. The van der Waals surface area contributed by atoms with Gasteiger partial charge >= 0.3 is 0 Å². The van der Waals surface area contributed by atoms with Crippen LogP contribution in [0.2, 0.25) is 0 Å². The molecule has 24 heavy (non-hydrogen) atoms. The molecular weight excluding hydrogens is 288 g/mol. The number of hydrogen-bond donors (Lipinski definition) is 0. The summed E-state index contributed by atoms with van der Waals surface area (Å²) >= 11 is 0. The Balaban J connectivity index is 0. The maximum atomic E-state index is 3.83. The van der Waals surface area contributed by atoms with Gasteiger partial charge in [-0.05, 0) is 43.9 Å². The molecule has 2 rings (SSSR count). The second-order valence-corrected chi connectivity index (χ2v) is 5.64. The second-order valence-electron chi connectivity index (χ2n) is 5.64. The minimum atomic E-state index is 1.12. The molecule has 0 N–H and O–H groups in total. The minimum Gasteiger partial charge on any atom is -0.0955 e. The number of aryl methyl sites for hydroxylation is 3. The Morgan fingerprint density at radius 2 is 1.38 bits per heavy atom. The maximum Gasteiger partial charge on any atom is -0.0233 e. The first-order valence-corrected chi connectivity index (χ1v) is 9.23. The lowest BCUT2D eigenvalue weighted by atomic mass is 10.0. The highest BCUT2D eigenvalue weighted by Crippen LogP contribution is 2.10. The Kier molecular flexibility index (Phi) is 16.3. The summed E-state index contributed by atoms with van der Waals surface area (Å²) in [5.41, 5.74) is 6.58. The number of benzene rings is 2. The van der Waals surface area contributed by atoms with Crippen LogP contribution < -0.4 is 0 Å². The Labute approximate surface area is 151 Å². The lowest BCUT2D eigenvalue weighted by Crippen LogP contribution is -1.85. The van der Waals surface area contributed by atoms with E-state index in [1.54, 1.807) is 0 Å². The van der Waals surface area contributed by atoms with E-state index in [0.717, 1.165) is 12.0 Å². The summed E-state index contributed by atoms with van der Waals surface area (Å²) in [6, 6.07) is 16.8. The van der Waals surface area contributed by atoms with E-state index in [9.17, 15) is 0 Å². The van der Waals surface area contributed by atoms with E-state index in [4.69, 9.17) is 0 Å². The van der Waals surface area contributed by atoms with Crippen molar-refractivity contribution in [2.75, 3.05) is 0 Å². The Morgan fingerprint density at radius 1 is 0.875 bits per heavy atom. The van der Waals surface area contributed by atoms with Gasteiger partial charge < -0.3 is 0 Å². The van der Waals surface area contributed by atoms with E-state index in [2.05, 4.69) is 71.5 Å². The predicted molar refractivity (Wildman–Crippen MR) is 114 cm³/mol. The SMILES string of the molecule is C=C(C)c1ccccc1.CC.CCC.CCc1ccc(C)cc1C. The molecule has 0 aliphatic carbocycles. The standard InChI is InChI=1S/C10H14.C9H10.C3H8.C2H6/c1-4-10-6-5-8(2)7-9(10)3;1-8(2)9-6-4-3-5-7-9;1-3-2;1-2/h5-7H,4H2,1-3H3;3-7H,1H2,2H3;3H2,1-2H3;1-2H3. The fourth-order valence-electron chi connectivity index (χ4n) is 1.97. The zero-order valence-electron chi connectivity index (χ0n) is 17.2. The van der Waals surface area contributed by atoms with Crippen LogP contribution >= 0.6 is 0 Å². The molecule has 0 amide bonds. The number of allylic oxidation sites excluding steroid dienone is 1. The quantitative estimate of drug-likeness (QED) is 0.524. The first kappa shape index (κ1) is 24.4. The fourth-order valence-corrected chi connectivity index (χ4v) is 1.97. The predicted octanol–water partition coefficient (Wildman–Crippen LogP) is 8.03. The largest absolute Gasteiger partial charge is 0.0955 e. The van der Waals surface area contributed by atoms with Crippen molar-refractivity contribution in [3.63, 3.8) is 0 Å². The molecule has 0 aromatic heterocycles. The van der Waals surface area contributed by atoms with Crippen LogP contribution in [0.3, 0.4) is 0 Å². The molecule has 0 radical (unpaired) electrons. The second kappa shape index (κ2) is 16.1. The fraction of sp³-hybridized carbons (Fsp3) is 0.417. The molecule has 2 aromatic rings. The van der Waals surface area contributed by atoms with E-state index < -0.39 is 0 Å². The molecule has 0 spiro atoms. The van der Waals surface area contributed by atoms with E-state index in [-0.39, 0.29) is 0 Å². The van der Waals surface area contributed by atoms with Crippen molar-refractivity contribution in [3.8, 4) is 0 Å². The van der Waals surface area contributed by atoms with Crippen LogP contribution in [0, 0.1) is 13.8 Å². The topological polar surface area (TPSA) is 0 Å². The minimum absolute atomic E-state index is 1.12. The maximum absolute atomic E-state index is 3.83. The van der Waals surface area contributed by atoms with Crippen LogP contribution in [0.15, 0.2) is 55.1 Å². The molecule has 0 aliphatic rings. The van der Waals surface area contributed by atoms with Crippen LogP contribution in [0.4, 0.5) is 0 Å². The molecule has 0 fully saturated rings. The number of hydrogen-bond acceptors (Lipinski definition) is 0. The summed E-state index contributed by atoms with van der Waals surface area (Å²) in [6.45, 7) is 20.6. The van der Waals surface area contributed by atoms with Gasteiger partial charge in [-0.3, -0.25) is 0 Å². The first-order valence-electron chi connectivity index (χ1n) is 9.23. The van der Waals surface area contributed by atoms with Crippen molar-refractivity contribution in [1.82, 2.24) is 0 Å². The average Bonchev–Trinajstić information content (AvgIpc) is 2.59. The monoisotopic (exact) mass is 326 g/mol. The third kappa shape index (κ3) is 11.7. The van der Waals surface area contributed by atoms with Crippen LogP contribution in [0.1, 0.15) is 70.2 Å². The lowest BCUT2D eigenvalue weighted by Gasteiger charge is -2.02. The average molecular weight is 327 g/mol. The Hall–Kier alpha value is -1.82. The van der Waals surface area contributed by atoms with E-state index in [1.807, 2.05) is 39.0 Å². The molecule has 0 unspecified atom stereocenters. The molecule has 134 valence electrons. The highest BCUT2D eigenvalue weighted by molar-refractivity contribution is 5.60. The molecule has 0 atom stereocenters. The highest BCUT2D eigenvalue weighted by atomic mass is 14.0. The Bertz CT molecular complexity index is 535. The van der Waals surface area contributed by atoms with E-state index in [0.29, 0.717) is 0 Å². The zero-order chi connectivity index (χ0) is 19.0. The molecule has 2 aromatic carbocycles. The summed E-state index contributed by atoms with van der Waals surface area (Å²) in [5.74, 6) is 0. The normalized spacial score (nSPS) is 8.50. The van der Waals surface area contributed by atoms with Gasteiger partial charge in [0.15, 0.2) is 0 Å². The number of rotatable bonds is 2. The van der Waals surface area contributed by atoms with Crippen molar-refractivity contribution in [2.45, 2.75) is 68.2 Å². The van der Waals surface area contributed by atoms with Crippen LogP contribution in [-0.2, 0) is 6.42 Å². The van der Waals surface area contributed by atoms with Gasteiger partial charge in [0.1, 0.15) is 0 Å². The van der Waals surface area contributed by atoms with Crippen LogP contribution in [-0.4, -0.2) is 0 Å². The van der Waals surface area contributed by atoms with E-state index in [1.165, 1.54) is 28.7 Å². The first-order chi connectivity index (χ1) is 11.5. The van der Waals surface area contributed by atoms with Crippen molar-refractivity contribution in [1.29, 1.82) is 0 Å². The summed E-state index contributed by atoms with van der Waals surface area (Å²) < 4.78 is 0. The van der Waals surface area contributed by atoms with Gasteiger partial charge in [0.05, 0.1) is 0 Å². The van der Waals surface area contributed by atoms with Crippen LogP contribution in [0.25, 0.3) is 5.57 Å². The molecule has 0 nitrogen and oxygen atoms in total. The van der Waals surface area contributed by atoms with Gasteiger partial charge in [0.2, 0.25) is 0 Å². The van der Waals surface area contributed by atoms with Crippen LogP contribution in [0.5, 0.6) is 0 Å². The summed E-state index contributed by atoms with van der Waals surface area (Å²) in [6.07, 6.45) is 2.39. The lowest BCUT2D eigenvalue weighted by molar-refractivity contribution is 1.09. The smallest absolute Gasteiger partial charge is 0.0233 e. The van der Waals surface area contributed by atoms with Crippen molar-refractivity contribution >= 4 is 5.57 Å². The van der Waals surface area contributed by atoms with Crippen molar-refractivity contribution in [3.05, 3.63) is 77.4 Å². The molecule has 0 aliphatic heterocycles.